The molecule has 96 valence electrons. The summed E-state index contributed by atoms with van der Waals surface area (Å²) < 4.78 is 0. The van der Waals surface area contributed by atoms with Crippen LogP contribution in [0, 0.1) is 17.2 Å². The quantitative estimate of drug-likeness (QED) is 0.321. The lowest BCUT2D eigenvalue weighted by atomic mass is 10.1. The summed E-state index contributed by atoms with van der Waals surface area (Å²) in [4.78, 5) is 4.33. The minimum absolute atomic E-state index is 0.524. The third kappa shape index (κ3) is 4.85. The van der Waals surface area contributed by atoms with Gasteiger partial charge >= 0.3 is 0 Å². The van der Waals surface area contributed by atoms with E-state index >= 15 is 0 Å². The van der Waals surface area contributed by atoms with Gasteiger partial charge in [-0.25, -0.2) is 10.8 Å². The molecule has 0 aromatic heterocycles. The second kappa shape index (κ2) is 7.30. The molecule has 0 radical (unpaired) electrons. The molecule has 0 fully saturated rings. The van der Waals surface area contributed by atoms with Gasteiger partial charge in [0.2, 0.25) is 5.96 Å². The predicted molar refractivity (Wildman–Crippen MR) is 72.5 cm³/mol. The van der Waals surface area contributed by atoms with E-state index in [2.05, 4.69) is 35.7 Å². The van der Waals surface area contributed by atoms with Crippen LogP contribution < -0.4 is 16.6 Å². The number of nitrogens with zero attached hydrogens (tertiary/aromatic N) is 2. The topological polar surface area (TPSA) is 86.2 Å². The Morgan fingerprint density at radius 3 is 2.56 bits per heavy atom. The van der Waals surface area contributed by atoms with Crippen LogP contribution in [0.3, 0.4) is 0 Å². The molecule has 0 aliphatic carbocycles. The van der Waals surface area contributed by atoms with Crippen LogP contribution in [-0.2, 0) is 6.54 Å². The molecular weight excluding hydrogens is 226 g/mol. The van der Waals surface area contributed by atoms with Crippen molar-refractivity contribution in [3.05, 3.63) is 35.4 Å². The number of guanidine groups is 1. The zero-order valence-electron chi connectivity index (χ0n) is 10.8. The molecule has 18 heavy (non-hydrogen) atoms. The highest BCUT2D eigenvalue weighted by Gasteiger charge is 1.98. The van der Waals surface area contributed by atoms with Crippen molar-refractivity contribution in [2.24, 2.45) is 16.8 Å². The number of hydrogen-bond donors (Lipinski definition) is 3. The van der Waals surface area contributed by atoms with Crippen LogP contribution in [0.1, 0.15) is 25.0 Å². The van der Waals surface area contributed by atoms with Crippen LogP contribution in [0.5, 0.6) is 0 Å². The second-order valence-corrected chi connectivity index (χ2v) is 4.39. The van der Waals surface area contributed by atoms with Gasteiger partial charge in [0.1, 0.15) is 0 Å². The summed E-state index contributed by atoms with van der Waals surface area (Å²) in [6.07, 6.45) is 0. The zero-order chi connectivity index (χ0) is 13.4. The van der Waals surface area contributed by atoms with Gasteiger partial charge in [0, 0.05) is 6.54 Å². The molecule has 0 saturated carbocycles. The first kappa shape index (κ1) is 14.0. The van der Waals surface area contributed by atoms with Crippen molar-refractivity contribution in [2.45, 2.75) is 20.4 Å². The number of nitrogens with one attached hydrogen (secondary N) is 2. The molecule has 0 heterocycles. The summed E-state index contributed by atoms with van der Waals surface area (Å²) in [5.74, 6) is 6.49. The Bertz CT molecular complexity index is 428. The Labute approximate surface area is 108 Å². The number of aliphatic imine (C=N–C) groups is 1. The number of rotatable bonds is 4. The first-order valence-electron chi connectivity index (χ1n) is 5.89. The molecule has 4 N–H and O–H groups in total. The van der Waals surface area contributed by atoms with E-state index in [1.807, 2.05) is 12.1 Å². The second-order valence-electron chi connectivity index (χ2n) is 4.39. The van der Waals surface area contributed by atoms with Crippen LogP contribution in [0.25, 0.3) is 0 Å². The lowest BCUT2D eigenvalue weighted by Gasteiger charge is -2.10. The van der Waals surface area contributed by atoms with Crippen molar-refractivity contribution in [3.63, 3.8) is 0 Å². The Morgan fingerprint density at radius 2 is 2.06 bits per heavy atom. The lowest BCUT2D eigenvalue weighted by Crippen LogP contribution is -2.42. The monoisotopic (exact) mass is 245 g/mol. The number of nitrogens with two attached hydrogens (primary N) is 1. The van der Waals surface area contributed by atoms with Gasteiger partial charge in [-0.3, -0.25) is 5.43 Å². The molecule has 1 rings (SSSR count). The summed E-state index contributed by atoms with van der Waals surface area (Å²) in [6.45, 7) is 5.57. The van der Waals surface area contributed by atoms with Crippen LogP contribution in [0.4, 0.5) is 0 Å². The van der Waals surface area contributed by atoms with Crippen LogP contribution >= 0.6 is 0 Å². The van der Waals surface area contributed by atoms with Gasteiger partial charge in [-0.1, -0.05) is 26.0 Å². The number of hydrazine groups is 1. The van der Waals surface area contributed by atoms with Gasteiger partial charge in [0.15, 0.2) is 0 Å². The average molecular weight is 245 g/mol. The Balaban J connectivity index is 2.56. The highest BCUT2D eigenvalue weighted by molar-refractivity contribution is 5.79. The molecular formula is C13H19N5. The van der Waals surface area contributed by atoms with Crippen molar-refractivity contribution in [2.75, 3.05) is 6.54 Å². The molecule has 0 bridgehead atoms. The standard InChI is InChI=1S/C13H19N5/c1-10(2)8-16-13(18-15)17-9-12-5-3-11(7-14)4-6-12/h3-6,10H,8-9,15H2,1-2H3,(H2,16,17,18). The van der Waals surface area contributed by atoms with Gasteiger partial charge in [0.05, 0.1) is 18.2 Å². The fourth-order valence-corrected chi connectivity index (χ4v) is 1.31. The molecule has 0 saturated heterocycles. The van der Waals surface area contributed by atoms with E-state index in [1.165, 1.54) is 0 Å². The third-order valence-corrected chi connectivity index (χ3v) is 2.32. The van der Waals surface area contributed by atoms with E-state index in [0.29, 0.717) is 24.0 Å². The Kier molecular flexibility index (Phi) is 5.68. The normalized spacial score (nSPS) is 11.2. The maximum absolute atomic E-state index is 8.69. The summed E-state index contributed by atoms with van der Waals surface area (Å²) in [5, 5.41) is 11.8. The predicted octanol–water partition coefficient (Wildman–Crippen LogP) is 1.12. The van der Waals surface area contributed by atoms with Gasteiger partial charge in [-0.15, -0.1) is 0 Å². The SMILES string of the molecule is CC(C)CNC(=NCc1ccc(C#N)cc1)NN. The third-order valence-electron chi connectivity index (χ3n) is 2.32. The first-order valence-corrected chi connectivity index (χ1v) is 5.89. The van der Waals surface area contributed by atoms with Crippen molar-refractivity contribution < 1.29 is 0 Å². The molecule has 0 unspecified atom stereocenters. The molecule has 0 aliphatic rings. The van der Waals surface area contributed by atoms with Gasteiger partial charge in [0.25, 0.3) is 0 Å². The zero-order valence-corrected chi connectivity index (χ0v) is 10.8. The van der Waals surface area contributed by atoms with Crippen LogP contribution in [-0.4, -0.2) is 12.5 Å². The van der Waals surface area contributed by atoms with E-state index in [-0.39, 0.29) is 0 Å². The van der Waals surface area contributed by atoms with E-state index in [9.17, 15) is 0 Å². The van der Waals surface area contributed by atoms with Crippen molar-refractivity contribution in [1.29, 1.82) is 5.26 Å². The lowest BCUT2D eigenvalue weighted by molar-refractivity contribution is 0.615. The van der Waals surface area contributed by atoms with Gasteiger partial charge in [-0.2, -0.15) is 5.26 Å². The largest absolute Gasteiger partial charge is 0.355 e. The highest BCUT2D eigenvalue weighted by Crippen LogP contribution is 2.04. The van der Waals surface area contributed by atoms with E-state index in [4.69, 9.17) is 11.1 Å². The van der Waals surface area contributed by atoms with Crippen LogP contribution in [0.15, 0.2) is 29.3 Å². The number of benzene rings is 1. The molecule has 0 aliphatic heterocycles. The summed E-state index contributed by atoms with van der Waals surface area (Å²) in [5.41, 5.74) is 4.22. The Morgan fingerprint density at radius 1 is 1.39 bits per heavy atom. The fraction of sp³-hybridized carbons (Fsp3) is 0.385. The van der Waals surface area contributed by atoms with Crippen molar-refractivity contribution >= 4 is 5.96 Å². The van der Waals surface area contributed by atoms with E-state index < -0.39 is 0 Å². The fourth-order valence-electron chi connectivity index (χ4n) is 1.31. The average Bonchev–Trinajstić information content (AvgIpc) is 2.39. The first-order chi connectivity index (χ1) is 8.65. The molecule has 5 nitrogen and oxygen atoms in total. The van der Waals surface area contributed by atoms with Crippen molar-refractivity contribution in [3.8, 4) is 6.07 Å². The molecule has 0 atom stereocenters. The maximum atomic E-state index is 8.69. The maximum Gasteiger partial charge on any atom is 0.206 e. The number of nitriles is 1. The highest BCUT2D eigenvalue weighted by atomic mass is 15.3. The number of hydrogen-bond acceptors (Lipinski definition) is 3. The van der Waals surface area contributed by atoms with E-state index in [1.54, 1.807) is 12.1 Å². The molecule has 0 amide bonds. The van der Waals surface area contributed by atoms with Gasteiger partial charge in [-0.05, 0) is 23.6 Å². The minimum Gasteiger partial charge on any atom is -0.355 e. The molecule has 1 aromatic rings. The summed E-state index contributed by atoms with van der Waals surface area (Å²) in [7, 11) is 0. The molecule has 1 aromatic carbocycles. The minimum atomic E-state index is 0.524. The summed E-state index contributed by atoms with van der Waals surface area (Å²) >= 11 is 0. The molecule has 0 spiro atoms. The Hall–Kier alpha value is -2.06. The smallest absolute Gasteiger partial charge is 0.206 e. The van der Waals surface area contributed by atoms with Crippen LogP contribution in [0.2, 0.25) is 0 Å². The van der Waals surface area contributed by atoms with Crippen molar-refractivity contribution in [1.82, 2.24) is 10.7 Å². The summed E-state index contributed by atoms with van der Waals surface area (Å²) in [6, 6.07) is 9.42. The molecule has 5 heteroatoms. The van der Waals surface area contributed by atoms with Gasteiger partial charge < -0.3 is 5.32 Å². The van der Waals surface area contributed by atoms with E-state index in [0.717, 1.165) is 12.1 Å².